The van der Waals surface area contributed by atoms with Crippen LogP contribution in [0.4, 0.5) is 0 Å². The van der Waals surface area contributed by atoms with E-state index in [4.69, 9.17) is 4.74 Å². The number of methoxy groups -OCH3 is 1. The molecule has 4 rings (SSSR count). The van der Waals surface area contributed by atoms with Crippen LogP contribution < -0.4 is 4.74 Å². The van der Waals surface area contributed by atoms with E-state index < -0.39 is 0 Å². The van der Waals surface area contributed by atoms with E-state index in [1.54, 1.807) is 25.6 Å². The number of hydrogen-bond acceptors (Lipinski definition) is 5. The first-order valence-corrected chi connectivity index (χ1v) is 10.6. The van der Waals surface area contributed by atoms with Crippen molar-refractivity contribution in [3.8, 4) is 5.75 Å². The van der Waals surface area contributed by atoms with Gasteiger partial charge in [-0.15, -0.1) is 0 Å². The van der Waals surface area contributed by atoms with E-state index in [9.17, 15) is 9.59 Å². The van der Waals surface area contributed by atoms with E-state index in [1.165, 1.54) is 4.90 Å². The van der Waals surface area contributed by atoms with Crippen molar-refractivity contribution < 1.29 is 14.3 Å². The third kappa shape index (κ3) is 4.12. The minimum absolute atomic E-state index is 0.186. The van der Waals surface area contributed by atoms with Gasteiger partial charge in [-0.2, -0.15) is 0 Å². The second-order valence-corrected chi connectivity index (χ2v) is 7.48. The molecule has 2 aromatic carbocycles. The van der Waals surface area contributed by atoms with Gasteiger partial charge in [0.15, 0.2) is 0 Å². The van der Waals surface area contributed by atoms with Crippen LogP contribution in [0, 0.1) is 0 Å². The highest BCUT2D eigenvalue weighted by Crippen LogP contribution is 2.37. The fourth-order valence-electron chi connectivity index (χ4n) is 3.92. The molecule has 32 heavy (non-hydrogen) atoms. The highest BCUT2D eigenvalue weighted by Gasteiger charge is 2.42. The summed E-state index contributed by atoms with van der Waals surface area (Å²) in [5.41, 5.74) is 3.30. The molecule has 0 spiro atoms. The normalized spacial score (nSPS) is 13.6. The van der Waals surface area contributed by atoms with Crippen molar-refractivity contribution in [2.45, 2.75) is 20.0 Å². The summed E-state index contributed by atoms with van der Waals surface area (Å²) in [6.45, 7) is 3.27. The molecule has 0 aliphatic carbocycles. The average molecular weight is 428 g/mol. The SMILES string of the molecule is CCN(Cc1ccccc1)C1=C(c2ccccc2OC)C(=O)N(Cc2ccncc2)C1=O. The molecule has 162 valence electrons. The minimum Gasteiger partial charge on any atom is -0.496 e. The van der Waals surface area contributed by atoms with Gasteiger partial charge in [-0.3, -0.25) is 19.5 Å². The van der Waals surface area contributed by atoms with Gasteiger partial charge in [0.25, 0.3) is 11.8 Å². The molecule has 1 aromatic heterocycles. The molecule has 3 aromatic rings. The number of pyridine rings is 1. The Morgan fingerprint density at radius 3 is 2.25 bits per heavy atom. The molecule has 2 amide bonds. The number of carbonyl (C=O) groups excluding carboxylic acids is 2. The van der Waals surface area contributed by atoms with Crippen molar-refractivity contribution in [2.24, 2.45) is 0 Å². The van der Waals surface area contributed by atoms with Crippen molar-refractivity contribution in [3.63, 3.8) is 0 Å². The Morgan fingerprint density at radius 1 is 0.875 bits per heavy atom. The predicted octanol–water partition coefficient (Wildman–Crippen LogP) is 3.89. The van der Waals surface area contributed by atoms with Gasteiger partial charge in [-0.1, -0.05) is 48.5 Å². The number of nitrogens with zero attached hydrogens (tertiary/aromatic N) is 3. The molecule has 6 heteroatoms. The first-order chi connectivity index (χ1) is 15.6. The van der Waals surface area contributed by atoms with Gasteiger partial charge in [-0.05, 0) is 36.2 Å². The number of benzene rings is 2. The van der Waals surface area contributed by atoms with E-state index in [2.05, 4.69) is 4.98 Å². The lowest BCUT2D eigenvalue weighted by molar-refractivity contribution is -0.138. The van der Waals surface area contributed by atoms with Crippen molar-refractivity contribution in [1.29, 1.82) is 0 Å². The van der Waals surface area contributed by atoms with Crippen LogP contribution in [0.15, 0.2) is 84.8 Å². The van der Waals surface area contributed by atoms with Gasteiger partial charge in [0.2, 0.25) is 0 Å². The van der Waals surface area contributed by atoms with Crippen LogP contribution in [0.5, 0.6) is 5.75 Å². The van der Waals surface area contributed by atoms with Crippen LogP contribution in [0.25, 0.3) is 5.57 Å². The van der Waals surface area contributed by atoms with E-state index >= 15 is 0 Å². The average Bonchev–Trinajstić information content (AvgIpc) is 3.08. The molecule has 0 fully saturated rings. The Balaban J connectivity index is 1.80. The molecule has 1 aliphatic heterocycles. The molecule has 0 radical (unpaired) electrons. The van der Waals surface area contributed by atoms with Crippen LogP contribution in [0.2, 0.25) is 0 Å². The molecule has 0 atom stereocenters. The largest absolute Gasteiger partial charge is 0.496 e. The van der Waals surface area contributed by atoms with Crippen LogP contribution in [0.1, 0.15) is 23.6 Å². The fourth-order valence-corrected chi connectivity index (χ4v) is 3.92. The summed E-state index contributed by atoms with van der Waals surface area (Å²) in [5, 5.41) is 0. The fraction of sp³-hybridized carbons (Fsp3) is 0.192. The molecule has 0 saturated heterocycles. The van der Waals surface area contributed by atoms with Crippen LogP contribution in [-0.4, -0.2) is 40.3 Å². The first kappa shape index (κ1) is 21.3. The molecule has 0 bridgehead atoms. The number of imide groups is 1. The molecule has 1 aliphatic rings. The summed E-state index contributed by atoms with van der Waals surface area (Å²) < 4.78 is 5.53. The van der Waals surface area contributed by atoms with Crippen molar-refractivity contribution in [1.82, 2.24) is 14.8 Å². The monoisotopic (exact) mass is 427 g/mol. The predicted molar refractivity (Wildman–Crippen MR) is 122 cm³/mol. The molecule has 0 saturated carbocycles. The van der Waals surface area contributed by atoms with Gasteiger partial charge < -0.3 is 9.64 Å². The Labute approximate surface area is 187 Å². The van der Waals surface area contributed by atoms with Gasteiger partial charge in [0.05, 0.1) is 19.2 Å². The highest BCUT2D eigenvalue weighted by molar-refractivity contribution is 6.35. The number of para-hydroxylation sites is 1. The van der Waals surface area contributed by atoms with Gasteiger partial charge in [0, 0.05) is 31.0 Å². The molecule has 2 heterocycles. The lowest BCUT2D eigenvalue weighted by atomic mass is 10.0. The maximum atomic E-state index is 13.6. The van der Waals surface area contributed by atoms with Crippen LogP contribution >= 0.6 is 0 Å². The second-order valence-electron chi connectivity index (χ2n) is 7.48. The quantitative estimate of drug-likeness (QED) is 0.511. The topological polar surface area (TPSA) is 62.7 Å². The Morgan fingerprint density at radius 2 is 1.56 bits per heavy atom. The number of ether oxygens (including phenoxy) is 1. The Bertz CT molecular complexity index is 1140. The highest BCUT2D eigenvalue weighted by atomic mass is 16.5. The number of amides is 2. The summed E-state index contributed by atoms with van der Waals surface area (Å²) in [4.78, 5) is 34.6. The van der Waals surface area contributed by atoms with Crippen molar-refractivity contribution in [3.05, 3.63) is 102 Å². The maximum Gasteiger partial charge on any atom is 0.278 e. The maximum absolute atomic E-state index is 13.6. The van der Waals surface area contributed by atoms with Crippen LogP contribution in [-0.2, 0) is 22.7 Å². The number of likely N-dealkylation sites (N-methyl/N-ethyl adjacent to an activating group) is 1. The standard InChI is InChI=1S/C26H25N3O3/c1-3-28(17-19-9-5-4-6-10-19)24-23(21-11-7-8-12-22(21)32-2)25(30)29(26(24)31)18-20-13-15-27-16-14-20/h4-16H,3,17-18H2,1-2H3. The van der Waals surface area contributed by atoms with Crippen molar-refractivity contribution >= 4 is 17.4 Å². The molecule has 6 nitrogen and oxygen atoms in total. The summed E-state index contributed by atoms with van der Waals surface area (Å²) >= 11 is 0. The number of carbonyl (C=O) groups is 2. The molecule has 0 N–H and O–H groups in total. The molecule has 0 unspecified atom stereocenters. The molecular weight excluding hydrogens is 402 g/mol. The number of rotatable bonds is 8. The van der Waals surface area contributed by atoms with E-state index in [1.807, 2.05) is 72.5 Å². The zero-order valence-corrected chi connectivity index (χ0v) is 18.2. The van der Waals surface area contributed by atoms with E-state index in [-0.39, 0.29) is 18.4 Å². The van der Waals surface area contributed by atoms with E-state index in [0.717, 1.165) is 11.1 Å². The van der Waals surface area contributed by atoms with Crippen molar-refractivity contribution in [2.75, 3.05) is 13.7 Å². The second kappa shape index (κ2) is 9.47. The summed E-state index contributed by atoms with van der Waals surface area (Å²) in [6, 6.07) is 20.9. The summed E-state index contributed by atoms with van der Waals surface area (Å²) in [6.07, 6.45) is 3.31. The third-order valence-electron chi connectivity index (χ3n) is 5.52. The van der Waals surface area contributed by atoms with Gasteiger partial charge >= 0.3 is 0 Å². The van der Waals surface area contributed by atoms with Gasteiger partial charge in [-0.25, -0.2) is 0 Å². The lowest BCUT2D eigenvalue weighted by Gasteiger charge is -2.25. The number of aromatic nitrogens is 1. The first-order valence-electron chi connectivity index (χ1n) is 10.6. The van der Waals surface area contributed by atoms with Crippen LogP contribution in [0.3, 0.4) is 0 Å². The zero-order valence-electron chi connectivity index (χ0n) is 18.2. The minimum atomic E-state index is -0.321. The summed E-state index contributed by atoms with van der Waals surface area (Å²) in [7, 11) is 1.57. The Hall–Kier alpha value is -3.93. The Kier molecular flexibility index (Phi) is 6.31. The van der Waals surface area contributed by atoms with Gasteiger partial charge in [0.1, 0.15) is 11.4 Å². The summed E-state index contributed by atoms with van der Waals surface area (Å²) in [5.74, 6) is -0.0639. The smallest absolute Gasteiger partial charge is 0.278 e. The third-order valence-corrected chi connectivity index (χ3v) is 5.52. The lowest BCUT2D eigenvalue weighted by Crippen LogP contribution is -2.34. The van der Waals surface area contributed by atoms with E-state index in [0.29, 0.717) is 35.7 Å². The molecular formula is C26H25N3O3. The number of hydrogen-bond donors (Lipinski definition) is 0. The zero-order chi connectivity index (χ0) is 22.5.